The van der Waals surface area contributed by atoms with Crippen LogP contribution in [0, 0.1) is 0 Å². The van der Waals surface area contributed by atoms with Crippen LogP contribution in [0.5, 0.6) is 11.5 Å². The summed E-state index contributed by atoms with van der Waals surface area (Å²) in [6, 6.07) is 10.1. The van der Waals surface area contributed by atoms with Gasteiger partial charge in [0.05, 0.1) is 48.7 Å². The van der Waals surface area contributed by atoms with Gasteiger partial charge < -0.3 is 24.4 Å². The van der Waals surface area contributed by atoms with E-state index in [1.54, 1.807) is 18.2 Å². The van der Waals surface area contributed by atoms with E-state index in [0.717, 1.165) is 48.4 Å². The first-order chi connectivity index (χ1) is 26.4. The Morgan fingerprint density at radius 3 is 2.46 bits per heavy atom. The number of benzene rings is 2. The molecule has 0 spiro atoms. The molecule has 2 fully saturated rings. The SMILES string of the molecule is C.COc1cc2nn(C3CCN(CCOCCOc4ccc5c(c4)C(=O)N(C4CCC(=O)NC4=O)C5=O)CC3)cc2cc1NC(=O)c1cccc(C(F)(F)F)n1. The normalized spacial score (nSPS) is 17.8. The molecule has 1 atom stereocenters. The molecular formula is C38H40F3N7O8. The van der Waals surface area contributed by atoms with Crippen LogP contribution in [0.4, 0.5) is 18.9 Å². The molecule has 0 bridgehead atoms. The van der Waals surface area contributed by atoms with Crippen molar-refractivity contribution < 1.29 is 51.4 Å². The minimum absolute atomic E-state index is 0. The lowest BCUT2D eigenvalue weighted by molar-refractivity contribution is -0.141. The van der Waals surface area contributed by atoms with E-state index in [4.69, 9.17) is 19.3 Å². The maximum Gasteiger partial charge on any atom is 0.433 e. The van der Waals surface area contributed by atoms with Gasteiger partial charge in [-0.3, -0.25) is 38.9 Å². The van der Waals surface area contributed by atoms with Gasteiger partial charge in [0.15, 0.2) is 0 Å². The van der Waals surface area contributed by atoms with E-state index in [9.17, 15) is 37.1 Å². The van der Waals surface area contributed by atoms with Crippen LogP contribution in [0.3, 0.4) is 0 Å². The first-order valence-corrected chi connectivity index (χ1v) is 17.6. The van der Waals surface area contributed by atoms with Crippen LogP contribution in [0.1, 0.15) is 76.1 Å². The number of amides is 5. The zero-order valence-corrected chi connectivity index (χ0v) is 29.6. The summed E-state index contributed by atoms with van der Waals surface area (Å²) in [5, 5.41) is 10.2. The van der Waals surface area contributed by atoms with Crippen molar-refractivity contribution >= 4 is 46.1 Å². The molecule has 2 aromatic carbocycles. The van der Waals surface area contributed by atoms with Gasteiger partial charge in [0.1, 0.15) is 35.5 Å². The predicted octanol–water partition coefficient (Wildman–Crippen LogP) is 4.48. The second-order valence-electron chi connectivity index (χ2n) is 13.3. The van der Waals surface area contributed by atoms with Crippen LogP contribution in [0.15, 0.2) is 54.7 Å². The lowest BCUT2D eigenvalue weighted by Gasteiger charge is -2.31. The number of pyridine rings is 1. The highest BCUT2D eigenvalue weighted by atomic mass is 19.4. The number of nitrogens with one attached hydrogen (secondary N) is 2. The van der Waals surface area contributed by atoms with Gasteiger partial charge in [0.25, 0.3) is 17.7 Å². The van der Waals surface area contributed by atoms with Crippen molar-refractivity contribution in [1.29, 1.82) is 0 Å². The van der Waals surface area contributed by atoms with Crippen molar-refractivity contribution in [1.82, 2.24) is 29.9 Å². The maximum absolute atomic E-state index is 13.1. The van der Waals surface area contributed by atoms with E-state index < -0.39 is 47.4 Å². The topological polar surface area (TPSA) is 174 Å². The first kappa shape index (κ1) is 39.8. The van der Waals surface area contributed by atoms with Gasteiger partial charge in [-0.25, -0.2) is 4.98 Å². The summed E-state index contributed by atoms with van der Waals surface area (Å²) in [5.41, 5.74) is -0.312. The Balaban J connectivity index is 0.00000532. The summed E-state index contributed by atoms with van der Waals surface area (Å²) in [4.78, 5) is 69.2. The number of hydrogen-bond acceptors (Lipinski definition) is 11. The van der Waals surface area contributed by atoms with Crippen LogP contribution in [-0.4, -0.2) is 107 Å². The Morgan fingerprint density at radius 2 is 1.73 bits per heavy atom. The number of halogens is 3. The smallest absolute Gasteiger partial charge is 0.433 e. The number of likely N-dealkylation sites (tertiary alicyclic amines) is 1. The molecule has 5 amide bonds. The van der Waals surface area contributed by atoms with E-state index >= 15 is 0 Å². The molecule has 7 rings (SSSR count). The molecule has 15 nitrogen and oxygen atoms in total. The number of alkyl halides is 3. The molecule has 3 aliphatic rings. The van der Waals surface area contributed by atoms with Crippen LogP contribution in [0.2, 0.25) is 0 Å². The molecule has 5 heterocycles. The zero-order valence-electron chi connectivity index (χ0n) is 29.6. The third kappa shape index (κ3) is 8.35. The van der Waals surface area contributed by atoms with E-state index in [1.807, 2.05) is 10.9 Å². The average molecular weight is 780 g/mol. The fourth-order valence-corrected chi connectivity index (χ4v) is 6.89. The van der Waals surface area contributed by atoms with Gasteiger partial charge >= 0.3 is 6.18 Å². The van der Waals surface area contributed by atoms with Crippen molar-refractivity contribution in [3.05, 3.63) is 77.2 Å². The summed E-state index contributed by atoms with van der Waals surface area (Å²) in [6.45, 7) is 3.32. The van der Waals surface area contributed by atoms with Gasteiger partial charge in [-0.15, -0.1) is 0 Å². The number of nitrogens with zero attached hydrogens (tertiary/aromatic N) is 5. The predicted molar refractivity (Wildman–Crippen MR) is 194 cm³/mol. The second-order valence-corrected chi connectivity index (χ2v) is 13.3. The number of piperidine rings is 2. The third-order valence-electron chi connectivity index (χ3n) is 9.75. The van der Waals surface area contributed by atoms with Crippen LogP contribution < -0.4 is 20.1 Å². The number of carbonyl (C=O) groups excluding carboxylic acids is 5. The van der Waals surface area contributed by atoms with Crippen LogP contribution in [0.25, 0.3) is 10.9 Å². The van der Waals surface area contributed by atoms with Gasteiger partial charge in [0.2, 0.25) is 11.8 Å². The number of rotatable bonds is 12. The Kier molecular flexibility index (Phi) is 11.7. The number of imide groups is 2. The van der Waals surface area contributed by atoms with Gasteiger partial charge in [0, 0.05) is 43.7 Å². The number of anilines is 1. The number of ether oxygens (including phenoxy) is 3. The van der Waals surface area contributed by atoms with Gasteiger partial charge in [-0.05, 0) is 55.7 Å². The summed E-state index contributed by atoms with van der Waals surface area (Å²) >= 11 is 0. The molecule has 0 aliphatic carbocycles. The highest BCUT2D eigenvalue weighted by Crippen LogP contribution is 2.33. The Labute approximate surface area is 319 Å². The summed E-state index contributed by atoms with van der Waals surface area (Å²) in [5.74, 6) is -2.41. The summed E-state index contributed by atoms with van der Waals surface area (Å²) in [6.07, 6.45) is -1.02. The summed E-state index contributed by atoms with van der Waals surface area (Å²) < 4.78 is 58.2. The quantitative estimate of drug-likeness (QED) is 0.153. The fourth-order valence-electron chi connectivity index (χ4n) is 6.89. The molecule has 2 N–H and O–H groups in total. The Hall–Kier alpha value is -5.88. The molecule has 1 unspecified atom stereocenters. The molecule has 3 aliphatic heterocycles. The Bertz CT molecular complexity index is 2170. The lowest BCUT2D eigenvalue weighted by atomic mass is 10.0. The van der Waals surface area contributed by atoms with Crippen molar-refractivity contribution in [3.8, 4) is 11.5 Å². The third-order valence-corrected chi connectivity index (χ3v) is 9.75. The molecular weight excluding hydrogens is 739 g/mol. The highest BCUT2D eigenvalue weighted by Gasteiger charge is 2.44. The van der Waals surface area contributed by atoms with Crippen molar-refractivity contribution in [2.75, 3.05) is 51.9 Å². The Morgan fingerprint density at radius 1 is 0.964 bits per heavy atom. The maximum atomic E-state index is 13.1. The number of carbonyl (C=O) groups is 5. The van der Waals surface area contributed by atoms with Crippen molar-refractivity contribution in [3.63, 3.8) is 0 Å². The van der Waals surface area contributed by atoms with E-state index in [1.165, 1.54) is 25.3 Å². The molecule has 0 radical (unpaired) electrons. The van der Waals surface area contributed by atoms with E-state index in [-0.39, 0.29) is 55.4 Å². The fraction of sp³-hybridized carbons (Fsp3) is 0.395. The molecule has 296 valence electrons. The molecule has 4 aromatic rings. The number of hydrogen-bond donors (Lipinski definition) is 2. The van der Waals surface area contributed by atoms with E-state index in [0.29, 0.717) is 36.8 Å². The monoisotopic (exact) mass is 779 g/mol. The lowest BCUT2D eigenvalue weighted by Crippen LogP contribution is -2.54. The largest absolute Gasteiger partial charge is 0.494 e. The summed E-state index contributed by atoms with van der Waals surface area (Å²) in [7, 11) is 1.42. The minimum atomic E-state index is -4.68. The molecule has 56 heavy (non-hydrogen) atoms. The number of fused-ring (bicyclic) bond motifs is 2. The molecule has 0 saturated carbocycles. The van der Waals surface area contributed by atoms with Gasteiger partial charge in [-0.2, -0.15) is 18.3 Å². The molecule has 18 heteroatoms. The number of aromatic nitrogens is 3. The standard InChI is InChI=1S/C37H36F3N7O8.CH4/c1-53-30-19-27-21(17-28(30)42-33(49)26-3-2-4-31(41-26)37(38,39)40)20-46(44-27)22-9-11-45(12-10-22)13-14-54-15-16-55-23-5-6-24-25(18-23)36(52)47(35(24)51)29-7-8-32(48)43-34(29)50;/h2-6,17-20,22,29H,7-16H2,1H3,(H,42,49)(H,43,48,50);1H4. The van der Waals surface area contributed by atoms with Gasteiger partial charge in [-0.1, -0.05) is 13.5 Å². The molecule has 2 aromatic heterocycles. The minimum Gasteiger partial charge on any atom is -0.494 e. The second kappa shape index (κ2) is 16.5. The van der Waals surface area contributed by atoms with Crippen molar-refractivity contribution in [2.24, 2.45) is 0 Å². The van der Waals surface area contributed by atoms with Crippen LogP contribution in [-0.2, 0) is 20.5 Å². The number of methoxy groups -OCH3 is 1. The van der Waals surface area contributed by atoms with Crippen molar-refractivity contribution in [2.45, 2.75) is 51.4 Å². The van der Waals surface area contributed by atoms with E-state index in [2.05, 4.69) is 20.5 Å². The first-order valence-electron chi connectivity index (χ1n) is 17.6. The molecule has 2 saturated heterocycles. The highest BCUT2D eigenvalue weighted by molar-refractivity contribution is 6.23. The zero-order chi connectivity index (χ0) is 38.9. The average Bonchev–Trinajstić information content (AvgIpc) is 3.69. The van der Waals surface area contributed by atoms with Crippen LogP contribution >= 0.6 is 0 Å².